The quantitative estimate of drug-likeness (QED) is 0.408. The molecule has 0 amide bonds. The molecule has 1 saturated heterocycles. The maximum atomic E-state index is 11.8. The molecule has 176 valence electrons. The van der Waals surface area contributed by atoms with E-state index in [0.717, 1.165) is 4.90 Å². The summed E-state index contributed by atoms with van der Waals surface area (Å²) in [5.41, 5.74) is -0.871. The Morgan fingerprint density at radius 3 is 1.84 bits per heavy atom. The van der Waals surface area contributed by atoms with E-state index in [1.165, 1.54) is 39.5 Å². The molecule has 0 radical (unpaired) electrons. The zero-order valence-electron chi connectivity index (χ0n) is 18.4. The summed E-state index contributed by atoms with van der Waals surface area (Å²) in [5, 5.41) is 0. The van der Waals surface area contributed by atoms with Crippen molar-refractivity contribution < 1.29 is 47.6 Å². The zero-order valence-corrected chi connectivity index (χ0v) is 19.2. The highest BCUT2D eigenvalue weighted by molar-refractivity contribution is 7.99. The molecule has 0 aromatic heterocycles. The molecule has 1 aromatic rings. The van der Waals surface area contributed by atoms with Gasteiger partial charge in [0.15, 0.2) is 18.3 Å². The lowest BCUT2D eigenvalue weighted by atomic mass is 9.99. The van der Waals surface area contributed by atoms with Crippen LogP contribution >= 0.6 is 11.8 Å². The Kier molecular flexibility index (Phi) is 9.33. The maximum Gasteiger partial charge on any atom is 0.303 e. The zero-order chi connectivity index (χ0) is 23.8. The minimum absolute atomic E-state index is 0.266. The van der Waals surface area contributed by atoms with E-state index in [1.54, 1.807) is 31.4 Å². The fourth-order valence-electron chi connectivity index (χ4n) is 3.07. The average Bonchev–Trinajstić information content (AvgIpc) is 2.70. The highest BCUT2D eigenvalue weighted by Crippen LogP contribution is 2.38. The molecule has 32 heavy (non-hydrogen) atoms. The molecule has 1 heterocycles. The molecule has 1 aromatic carbocycles. The lowest BCUT2D eigenvalue weighted by molar-refractivity contribution is -0.237. The van der Waals surface area contributed by atoms with Gasteiger partial charge in [-0.2, -0.15) is 0 Å². The van der Waals surface area contributed by atoms with Gasteiger partial charge in [0, 0.05) is 32.6 Å². The van der Waals surface area contributed by atoms with E-state index in [1.807, 2.05) is 0 Å². The summed E-state index contributed by atoms with van der Waals surface area (Å²) in [5.74, 6) is -1.91. The Hall–Kier alpha value is -2.79. The van der Waals surface area contributed by atoms with Crippen molar-refractivity contribution in [3.8, 4) is 5.75 Å². The third-order valence-electron chi connectivity index (χ3n) is 4.26. The lowest BCUT2D eigenvalue weighted by Crippen LogP contribution is -2.61. The van der Waals surface area contributed by atoms with Gasteiger partial charge >= 0.3 is 23.9 Å². The lowest BCUT2D eigenvalue weighted by Gasteiger charge is -2.44. The minimum Gasteiger partial charge on any atom is -0.497 e. The van der Waals surface area contributed by atoms with Crippen molar-refractivity contribution in [1.29, 1.82) is 0 Å². The first-order chi connectivity index (χ1) is 15.1. The molecule has 2 rings (SSSR count). The normalized spacial score (nSPS) is 24.7. The van der Waals surface area contributed by atoms with Gasteiger partial charge in [0.2, 0.25) is 0 Å². The molecule has 0 spiro atoms. The number of rotatable bonds is 8. The third-order valence-corrected chi connectivity index (χ3v) is 5.42. The van der Waals surface area contributed by atoms with Crippen LogP contribution in [0, 0.1) is 0 Å². The van der Waals surface area contributed by atoms with Crippen LogP contribution < -0.4 is 4.74 Å². The van der Waals surface area contributed by atoms with Crippen LogP contribution in [0.2, 0.25) is 0 Å². The van der Waals surface area contributed by atoms with Crippen molar-refractivity contribution in [3.05, 3.63) is 24.3 Å². The first-order valence-corrected chi connectivity index (χ1v) is 10.6. The van der Waals surface area contributed by atoms with Crippen LogP contribution in [0.4, 0.5) is 0 Å². The van der Waals surface area contributed by atoms with Gasteiger partial charge in [-0.25, -0.2) is 0 Å². The maximum absolute atomic E-state index is 11.8. The van der Waals surface area contributed by atoms with Crippen LogP contribution in [-0.4, -0.2) is 67.4 Å². The molecule has 1 aliphatic heterocycles. The highest BCUT2D eigenvalue weighted by Gasteiger charge is 2.52. The van der Waals surface area contributed by atoms with Gasteiger partial charge in [-0.3, -0.25) is 19.2 Å². The van der Waals surface area contributed by atoms with Gasteiger partial charge in [-0.05, 0) is 24.3 Å². The van der Waals surface area contributed by atoms with Crippen LogP contribution in [0.25, 0.3) is 0 Å². The van der Waals surface area contributed by atoms with Crippen LogP contribution in [0.3, 0.4) is 0 Å². The molecule has 5 atom stereocenters. The van der Waals surface area contributed by atoms with Crippen molar-refractivity contribution in [3.63, 3.8) is 0 Å². The molecule has 0 saturated carbocycles. The number of esters is 4. The molecule has 10 nitrogen and oxygen atoms in total. The fraction of sp³-hybridized carbons (Fsp3) is 0.524. The summed E-state index contributed by atoms with van der Waals surface area (Å²) in [6, 6.07) is 7.04. The molecule has 0 N–H and O–H groups in total. The van der Waals surface area contributed by atoms with Gasteiger partial charge in [0.25, 0.3) is 0 Å². The Morgan fingerprint density at radius 2 is 1.34 bits per heavy atom. The fourth-order valence-corrected chi connectivity index (χ4v) is 4.18. The molecular formula is C21H26O10S. The summed E-state index contributed by atoms with van der Waals surface area (Å²) < 4.78 is 32.4. The minimum atomic E-state index is -1.19. The number of carbonyl (C=O) groups is 4. The van der Waals surface area contributed by atoms with E-state index in [0.29, 0.717) is 5.75 Å². The Bertz CT molecular complexity index is 824. The van der Waals surface area contributed by atoms with Crippen molar-refractivity contribution in [1.82, 2.24) is 0 Å². The molecule has 3 unspecified atom stereocenters. The van der Waals surface area contributed by atoms with Gasteiger partial charge in [-0.15, -0.1) is 0 Å². The predicted molar refractivity (Wildman–Crippen MR) is 111 cm³/mol. The van der Waals surface area contributed by atoms with Crippen LogP contribution in [0.1, 0.15) is 27.7 Å². The number of thioether (sulfide) groups is 1. The van der Waals surface area contributed by atoms with E-state index in [9.17, 15) is 19.2 Å². The van der Waals surface area contributed by atoms with Crippen molar-refractivity contribution >= 4 is 35.6 Å². The van der Waals surface area contributed by atoms with Gasteiger partial charge in [0.05, 0.1) is 7.11 Å². The summed E-state index contributed by atoms with van der Waals surface area (Å²) in [7, 11) is 1.54. The largest absolute Gasteiger partial charge is 0.497 e. The topological polar surface area (TPSA) is 124 Å². The van der Waals surface area contributed by atoms with Crippen LogP contribution in [-0.2, 0) is 42.9 Å². The Labute approximate surface area is 189 Å². The van der Waals surface area contributed by atoms with E-state index in [4.69, 9.17) is 28.4 Å². The average molecular weight is 470 g/mol. The van der Waals surface area contributed by atoms with Crippen molar-refractivity contribution in [2.75, 3.05) is 13.7 Å². The summed E-state index contributed by atoms with van der Waals surface area (Å²) in [6.07, 6.45) is -4.45. The number of carbonyl (C=O) groups excluding carboxylic acids is 4. The van der Waals surface area contributed by atoms with Crippen molar-refractivity contribution in [2.45, 2.75) is 62.4 Å². The van der Waals surface area contributed by atoms with Crippen LogP contribution in [0.15, 0.2) is 29.2 Å². The van der Waals surface area contributed by atoms with E-state index in [2.05, 4.69) is 0 Å². The predicted octanol–water partition coefficient (Wildman–Crippen LogP) is 1.87. The number of hydrogen-bond acceptors (Lipinski definition) is 11. The standard InChI is InChI=1S/C21H26O10S/c1-11(22)27-10-17-18(28-12(2)23)19(29-13(3)24)20(30-14(4)25)21(31-17)32-16-8-6-15(26-5)7-9-16/h6-9,17-21H,10H2,1-5H3/t17?,18-,19?,20?,21-/m0/s1. The van der Waals surface area contributed by atoms with E-state index >= 15 is 0 Å². The Balaban J connectivity index is 2.42. The second-order valence-electron chi connectivity index (χ2n) is 6.86. The molecule has 1 aliphatic rings. The number of hydrogen-bond donors (Lipinski definition) is 0. The molecule has 11 heteroatoms. The molecule has 0 aliphatic carbocycles. The summed E-state index contributed by atoms with van der Waals surface area (Å²) >= 11 is 1.20. The molecular weight excluding hydrogens is 444 g/mol. The second-order valence-corrected chi connectivity index (χ2v) is 8.03. The summed E-state index contributed by atoms with van der Waals surface area (Å²) in [6.45, 7) is 4.51. The number of ether oxygens (including phenoxy) is 6. The molecule has 0 bridgehead atoms. The van der Waals surface area contributed by atoms with Gasteiger partial charge in [0.1, 0.15) is 23.9 Å². The van der Waals surface area contributed by atoms with Gasteiger partial charge in [-0.1, -0.05) is 11.8 Å². The summed E-state index contributed by atoms with van der Waals surface area (Å²) in [4.78, 5) is 47.5. The highest BCUT2D eigenvalue weighted by atomic mass is 32.2. The first-order valence-electron chi connectivity index (χ1n) is 9.72. The van der Waals surface area contributed by atoms with Crippen molar-refractivity contribution in [2.24, 2.45) is 0 Å². The van der Waals surface area contributed by atoms with Gasteiger partial charge < -0.3 is 28.4 Å². The van der Waals surface area contributed by atoms with Crippen LogP contribution in [0.5, 0.6) is 5.75 Å². The van der Waals surface area contributed by atoms with E-state index < -0.39 is 53.7 Å². The second kappa shape index (κ2) is 11.7. The smallest absolute Gasteiger partial charge is 0.303 e. The van der Waals surface area contributed by atoms with E-state index in [-0.39, 0.29) is 6.61 Å². The molecule has 1 fully saturated rings. The number of methoxy groups -OCH3 is 1. The Morgan fingerprint density at radius 1 is 0.812 bits per heavy atom. The third kappa shape index (κ3) is 7.41. The monoisotopic (exact) mass is 470 g/mol. The number of benzene rings is 1. The SMILES string of the molecule is COc1ccc(S[C@@H]2OC(COC(C)=O)[C@H](OC(C)=O)C(OC(C)=O)C2OC(C)=O)cc1. The first kappa shape index (κ1) is 25.5.